The van der Waals surface area contributed by atoms with Gasteiger partial charge in [-0.05, 0) is 54.6 Å². The summed E-state index contributed by atoms with van der Waals surface area (Å²) < 4.78 is 4.94. The molecule has 1 aromatic heterocycles. The van der Waals surface area contributed by atoms with E-state index >= 15 is 0 Å². The number of ether oxygens (including phenoxy) is 1. The van der Waals surface area contributed by atoms with Crippen molar-refractivity contribution in [3.63, 3.8) is 0 Å². The van der Waals surface area contributed by atoms with E-state index in [2.05, 4.69) is 5.32 Å². The van der Waals surface area contributed by atoms with E-state index in [4.69, 9.17) is 16.3 Å². The van der Waals surface area contributed by atoms with Crippen LogP contribution in [0.4, 0.5) is 0 Å². The molecule has 0 saturated carbocycles. The Bertz CT molecular complexity index is 754. The van der Waals surface area contributed by atoms with Crippen LogP contribution in [0.1, 0.15) is 29.0 Å². The average molecular weight is 364 g/mol. The number of esters is 1. The monoisotopic (exact) mass is 363 g/mol. The highest BCUT2D eigenvalue weighted by atomic mass is 35.5. The van der Waals surface area contributed by atoms with Crippen molar-refractivity contribution in [1.29, 1.82) is 0 Å². The summed E-state index contributed by atoms with van der Waals surface area (Å²) in [5, 5.41) is 5.32. The number of hydrogen-bond acceptors (Lipinski definition) is 4. The summed E-state index contributed by atoms with van der Waals surface area (Å²) in [6.07, 6.45) is 3.02. The standard InChI is InChI=1S/C18H18ClNO3S/c1-12-8-9-24-16(12)6-7-18(22)23-11-17(21)20-13(2)14-4-3-5-15(19)10-14/h3-10,13H,11H2,1-2H3,(H,20,21)/b7-6+/t13-/m0/s1. The van der Waals surface area contributed by atoms with Gasteiger partial charge in [0.25, 0.3) is 5.91 Å². The fourth-order valence-electron chi connectivity index (χ4n) is 2.03. The molecular formula is C18H18ClNO3S. The van der Waals surface area contributed by atoms with Crippen LogP contribution in [0.2, 0.25) is 5.02 Å². The van der Waals surface area contributed by atoms with Gasteiger partial charge in [-0.3, -0.25) is 4.79 Å². The van der Waals surface area contributed by atoms with Crippen LogP contribution in [-0.4, -0.2) is 18.5 Å². The second-order valence-electron chi connectivity index (χ2n) is 5.25. The van der Waals surface area contributed by atoms with Crippen LogP contribution in [0.15, 0.2) is 41.8 Å². The predicted molar refractivity (Wildman–Crippen MR) is 97.1 cm³/mol. The molecule has 24 heavy (non-hydrogen) atoms. The molecule has 1 heterocycles. The Kier molecular flexibility index (Phi) is 6.58. The highest BCUT2D eigenvalue weighted by Gasteiger charge is 2.11. The molecule has 0 saturated heterocycles. The molecule has 2 rings (SSSR count). The zero-order valence-electron chi connectivity index (χ0n) is 13.4. The van der Waals surface area contributed by atoms with Crippen LogP contribution in [0.5, 0.6) is 0 Å². The Morgan fingerprint density at radius 3 is 2.83 bits per heavy atom. The average Bonchev–Trinajstić information content (AvgIpc) is 2.96. The predicted octanol–water partition coefficient (Wildman–Crippen LogP) is 4.14. The van der Waals surface area contributed by atoms with Crippen molar-refractivity contribution in [2.75, 3.05) is 6.61 Å². The van der Waals surface area contributed by atoms with Crippen molar-refractivity contribution < 1.29 is 14.3 Å². The maximum Gasteiger partial charge on any atom is 0.331 e. The SMILES string of the molecule is Cc1ccsc1/C=C/C(=O)OCC(=O)N[C@@H](C)c1cccc(Cl)c1. The third-order valence-electron chi connectivity index (χ3n) is 3.34. The van der Waals surface area contributed by atoms with E-state index in [1.807, 2.05) is 37.4 Å². The molecule has 1 amide bonds. The van der Waals surface area contributed by atoms with Gasteiger partial charge in [0.05, 0.1) is 6.04 Å². The van der Waals surface area contributed by atoms with Gasteiger partial charge in [-0.25, -0.2) is 4.79 Å². The molecule has 0 bridgehead atoms. The Hall–Kier alpha value is -2.11. The maximum atomic E-state index is 11.9. The van der Waals surface area contributed by atoms with Crippen molar-refractivity contribution in [3.8, 4) is 0 Å². The summed E-state index contributed by atoms with van der Waals surface area (Å²) in [6.45, 7) is 3.48. The summed E-state index contributed by atoms with van der Waals surface area (Å²) in [6, 6.07) is 8.99. The van der Waals surface area contributed by atoms with E-state index in [0.717, 1.165) is 16.0 Å². The summed E-state index contributed by atoms with van der Waals surface area (Å²) in [7, 11) is 0. The minimum atomic E-state index is -0.548. The summed E-state index contributed by atoms with van der Waals surface area (Å²) in [4.78, 5) is 24.5. The van der Waals surface area contributed by atoms with E-state index < -0.39 is 5.97 Å². The number of carbonyl (C=O) groups is 2. The fraction of sp³-hybridized carbons (Fsp3) is 0.222. The van der Waals surface area contributed by atoms with Gasteiger partial charge in [-0.2, -0.15) is 0 Å². The van der Waals surface area contributed by atoms with Gasteiger partial charge >= 0.3 is 5.97 Å². The third-order valence-corrected chi connectivity index (χ3v) is 4.56. The zero-order valence-corrected chi connectivity index (χ0v) is 15.0. The Balaban J connectivity index is 1.79. The molecule has 0 spiro atoms. The maximum absolute atomic E-state index is 11.9. The minimum absolute atomic E-state index is 0.223. The molecule has 1 atom stereocenters. The molecule has 6 heteroatoms. The first-order valence-electron chi connectivity index (χ1n) is 7.39. The third kappa shape index (κ3) is 5.51. The van der Waals surface area contributed by atoms with Crippen molar-refractivity contribution in [2.24, 2.45) is 0 Å². The number of nitrogens with one attached hydrogen (secondary N) is 1. The number of hydrogen-bond donors (Lipinski definition) is 1. The Morgan fingerprint density at radius 2 is 2.17 bits per heavy atom. The van der Waals surface area contributed by atoms with Gasteiger partial charge in [0.15, 0.2) is 6.61 Å². The highest BCUT2D eigenvalue weighted by molar-refractivity contribution is 7.11. The van der Waals surface area contributed by atoms with Crippen molar-refractivity contribution in [2.45, 2.75) is 19.9 Å². The summed E-state index contributed by atoms with van der Waals surface area (Å²) >= 11 is 7.47. The van der Waals surface area contributed by atoms with Gasteiger partial charge in [0, 0.05) is 16.0 Å². The first-order chi connectivity index (χ1) is 11.5. The molecule has 2 aromatic rings. The zero-order chi connectivity index (χ0) is 17.5. The quantitative estimate of drug-likeness (QED) is 0.619. The Labute approximate surface area is 150 Å². The number of rotatable bonds is 6. The van der Waals surface area contributed by atoms with Gasteiger partial charge < -0.3 is 10.1 Å². The molecule has 0 aliphatic rings. The number of benzene rings is 1. The first kappa shape index (κ1) is 18.2. The molecule has 0 aliphatic carbocycles. The molecule has 126 valence electrons. The molecule has 0 aliphatic heterocycles. The van der Waals surface area contributed by atoms with Crippen LogP contribution >= 0.6 is 22.9 Å². The number of thiophene rings is 1. The van der Waals surface area contributed by atoms with Crippen molar-refractivity contribution in [1.82, 2.24) is 5.32 Å². The molecule has 0 radical (unpaired) electrons. The van der Waals surface area contributed by atoms with E-state index in [1.165, 1.54) is 17.4 Å². The molecule has 4 nitrogen and oxygen atoms in total. The lowest BCUT2D eigenvalue weighted by molar-refractivity contribution is -0.144. The lowest BCUT2D eigenvalue weighted by Crippen LogP contribution is -2.30. The van der Waals surface area contributed by atoms with Crippen molar-refractivity contribution in [3.05, 3.63) is 62.8 Å². The van der Waals surface area contributed by atoms with E-state index in [9.17, 15) is 9.59 Å². The van der Waals surface area contributed by atoms with Crippen molar-refractivity contribution >= 4 is 40.9 Å². The molecule has 1 aromatic carbocycles. The van der Waals surface area contributed by atoms with Crippen LogP contribution in [0.25, 0.3) is 6.08 Å². The van der Waals surface area contributed by atoms with E-state index in [1.54, 1.807) is 18.2 Å². The summed E-state index contributed by atoms with van der Waals surface area (Å²) in [5.41, 5.74) is 1.98. The summed E-state index contributed by atoms with van der Waals surface area (Å²) in [5.74, 6) is -0.912. The van der Waals surface area contributed by atoms with Gasteiger partial charge in [0.2, 0.25) is 0 Å². The molecule has 1 N–H and O–H groups in total. The highest BCUT2D eigenvalue weighted by Crippen LogP contribution is 2.18. The minimum Gasteiger partial charge on any atom is -0.452 e. The second kappa shape index (κ2) is 8.66. The lowest BCUT2D eigenvalue weighted by atomic mass is 10.1. The molecular weight excluding hydrogens is 346 g/mol. The number of aryl methyl sites for hydroxylation is 1. The fourth-order valence-corrected chi connectivity index (χ4v) is 3.04. The van der Waals surface area contributed by atoms with Gasteiger partial charge in [0.1, 0.15) is 0 Å². The number of halogens is 1. The van der Waals surface area contributed by atoms with Crippen LogP contribution in [0, 0.1) is 6.92 Å². The number of amides is 1. The molecule has 0 unspecified atom stereocenters. The lowest BCUT2D eigenvalue weighted by Gasteiger charge is -2.14. The van der Waals surface area contributed by atoms with E-state index in [0.29, 0.717) is 5.02 Å². The smallest absolute Gasteiger partial charge is 0.331 e. The second-order valence-corrected chi connectivity index (χ2v) is 6.64. The Morgan fingerprint density at radius 1 is 1.38 bits per heavy atom. The normalized spacial score (nSPS) is 12.1. The van der Waals surface area contributed by atoms with Gasteiger partial charge in [-0.1, -0.05) is 23.7 Å². The van der Waals surface area contributed by atoms with Crippen LogP contribution < -0.4 is 5.32 Å². The van der Waals surface area contributed by atoms with E-state index in [-0.39, 0.29) is 18.6 Å². The largest absolute Gasteiger partial charge is 0.452 e. The van der Waals surface area contributed by atoms with Crippen LogP contribution in [-0.2, 0) is 14.3 Å². The van der Waals surface area contributed by atoms with Crippen LogP contribution in [0.3, 0.4) is 0 Å². The first-order valence-corrected chi connectivity index (χ1v) is 8.65. The molecule has 0 fully saturated rings. The van der Waals surface area contributed by atoms with Gasteiger partial charge in [-0.15, -0.1) is 11.3 Å². The number of carbonyl (C=O) groups excluding carboxylic acids is 2. The topological polar surface area (TPSA) is 55.4 Å².